The van der Waals surface area contributed by atoms with Gasteiger partial charge in [0, 0.05) is 5.70 Å². The minimum atomic E-state index is -0.683. The van der Waals surface area contributed by atoms with Crippen molar-refractivity contribution in [3.8, 4) is 0 Å². The van der Waals surface area contributed by atoms with Crippen molar-refractivity contribution in [1.29, 1.82) is 0 Å². The van der Waals surface area contributed by atoms with Gasteiger partial charge in [0.25, 0.3) is 0 Å². The summed E-state index contributed by atoms with van der Waals surface area (Å²) in [5.74, 6) is 0.559. The number of methoxy groups -OCH3 is 1. The number of esters is 1. The molecule has 3 rings (SSSR count). The Morgan fingerprint density at radius 2 is 2.04 bits per heavy atom. The van der Waals surface area contributed by atoms with Gasteiger partial charge in [0.05, 0.1) is 31.8 Å². The van der Waals surface area contributed by atoms with Gasteiger partial charge in [-0.05, 0) is 31.2 Å². The zero-order valence-electron chi connectivity index (χ0n) is 12.7. The monoisotopic (exact) mass is 316 g/mol. The standard InChI is InChI=1S/C16H16N2O5/c1-10-13(15(19)21-2)14(12-6-4-8-23-12)17-16(20)18(10)9-11-5-3-7-22-11/h3-8,14H,9H2,1-2H3,(H,17,20)/t14-/m0/s1. The van der Waals surface area contributed by atoms with Crippen molar-refractivity contribution in [2.24, 2.45) is 0 Å². The molecule has 1 N–H and O–H groups in total. The Morgan fingerprint density at radius 3 is 2.65 bits per heavy atom. The summed E-state index contributed by atoms with van der Waals surface area (Å²) < 4.78 is 15.5. The van der Waals surface area contributed by atoms with Crippen molar-refractivity contribution in [3.63, 3.8) is 0 Å². The second kappa shape index (κ2) is 6.04. The van der Waals surface area contributed by atoms with Crippen LogP contribution in [0.1, 0.15) is 24.5 Å². The van der Waals surface area contributed by atoms with Crippen molar-refractivity contribution in [1.82, 2.24) is 10.2 Å². The van der Waals surface area contributed by atoms with E-state index in [1.54, 1.807) is 31.2 Å². The van der Waals surface area contributed by atoms with Crippen LogP contribution >= 0.6 is 0 Å². The van der Waals surface area contributed by atoms with E-state index in [9.17, 15) is 9.59 Å². The summed E-state index contributed by atoms with van der Waals surface area (Å²) in [6.07, 6.45) is 3.02. The average molecular weight is 316 g/mol. The second-order valence-electron chi connectivity index (χ2n) is 5.05. The lowest BCUT2D eigenvalue weighted by Crippen LogP contribution is -2.47. The first kappa shape index (κ1) is 15.0. The zero-order valence-corrected chi connectivity index (χ0v) is 12.7. The van der Waals surface area contributed by atoms with Crippen LogP contribution in [0.15, 0.2) is 56.9 Å². The lowest BCUT2D eigenvalue weighted by molar-refractivity contribution is -0.136. The van der Waals surface area contributed by atoms with E-state index in [4.69, 9.17) is 13.6 Å². The van der Waals surface area contributed by atoms with Crippen LogP contribution < -0.4 is 5.32 Å². The molecule has 0 spiro atoms. The molecule has 2 aromatic rings. The molecule has 1 atom stereocenters. The highest BCUT2D eigenvalue weighted by Gasteiger charge is 2.37. The molecule has 0 saturated carbocycles. The first-order chi connectivity index (χ1) is 11.1. The van der Waals surface area contributed by atoms with Crippen LogP contribution in [-0.4, -0.2) is 24.0 Å². The van der Waals surface area contributed by atoms with Crippen molar-refractivity contribution < 1.29 is 23.2 Å². The fourth-order valence-electron chi connectivity index (χ4n) is 2.57. The minimum Gasteiger partial charge on any atom is -0.467 e. The molecular weight excluding hydrogens is 300 g/mol. The van der Waals surface area contributed by atoms with Gasteiger partial charge in [0.2, 0.25) is 0 Å². The minimum absolute atomic E-state index is 0.218. The number of hydrogen-bond donors (Lipinski definition) is 1. The van der Waals surface area contributed by atoms with Crippen LogP contribution in [0.5, 0.6) is 0 Å². The molecule has 0 bridgehead atoms. The Morgan fingerprint density at radius 1 is 1.30 bits per heavy atom. The van der Waals surface area contributed by atoms with Crippen molar-refractivity contribution in [2.75, 3.05) is 7.11 Å². The molecule has 120 valence electrons. The van der Waals surface area contributed by atoms with Crippen molar-refractivity contribution in [3.05, 3.63) is 59.6 Å². The molecule has 0 aromatic carbocycles. The summed E-state index contributed by atoms with van der Waals surface area (Å²) in [5.41, 5.74) is 0.826. The number of ether oxygens (including phenoxy) is 1. The summed E-state index contributed by atoms with van der Waals surface area (Å²) in [6, 6.07) is 5.87. The number of nitrogens with one attached hydrogen (secondary N) is 1. The second-order valence-corrected chi connectivity index (χ2v) is 5.05. The van der Waals surface area contributed by atoms with Crippen LogP contribution in [-0.2, 0) is 16.1 Å². The largest absolute Gasteiger partial charge is 0.467 e. The predicted molar refractivity (Wildman–Crippen MR) is 78.9 cm³/mol. The van der Waals surface area contributed by atoms with Crippen LogP contribution in [0.3, 0.4) is 0 Å². The first-order valence-corrected chi connectivity index (χ1v) is 7.04. The summed E-state index contributed by atoms with van der Waals surface area (Å²) in [5, 5.41) is 2.77. The van der Waals surface area contributed by atoms with Crippen LogP contribution in [0.2, 0.25) is 0 Å². The van der Waals surface area contributed by atoms with Gasteiger partial charge < -0.3 is 18.9 Å². The number of hydrogen-bond acceptors (Lipinski definition) is 5. The Kier molecular flexibility index (Phi) is 3.92. The maximum Gasteiger partial charge on any atom is 0.338 e. The van der Waals surface area contributed by atoms with E-state index in [1.807, 2.05) is 0 Å². The molecular formula is C16H16N2O5. The molecule has 23 heavy (non-hydrogen) atoms. The number of furan rings is 2. The van der Waals surface area contributed by atoms with Crippen LogP contribution in [0, 0.1) is 0 Å². The summed E-state index contributed by atoms with van der Waals surface area (Å²) >= 11 is 0. The van der Waals surface area contributed by atoms with E-state index in [0.717, 1.165) is 0 Å². The SMILES string of the molecule is COC(=O)C1=C(C)N(Cc2ccco2)C(=O)N[C@H]1c1ccco1. The van der Waals surface area contributed by atoms with E-state index in [0.29, 0.717) is 22.8 Å². The maximum absolute atomic E-state index is 12.4. The maximum atomic E-state index is 12.4. The first-order valence-electron chi connectivity index (χ1n) is 7.04. The molecule has 1 aliphatic heterocycles. The van der Waals surface area contributed by atoms with Gasteiger partial charge in [0.15, 0.2) is 0 Å². The van der Waals surface area contributed by atoms with E-state index >= 15 is 0 Å². The van der Waals surface area contributed by atoms with Gasteiger partial charge in [-0.25, -0.2) is 9.59 Å². The fourth-order valence-corrected chi connectivity index (χ4v) is 2.57. The number of rotatable bonds is 4. The van der Waals surface area contributed by atoms with Crippen LogP contribution in [0.4, 0.5) is 4.79 Å². The third-order valence-electron chi connectivity index (χ3n) is 3.72. The number of urea groups is 1. The molecule has 0 fully saturated rings. The van der Waals surface area contributed by atoms with E-state index in [1.165, 1.54) is 24.5 Å². The van der Waals surface area contributed by atoms with Crippen molar-refractivity contribution in [2.45, 2.75) is 19.5 Å². The molecule has 2 amide bonds. The van der Waals surface area contributed by atoms with Gasteiger partial charge in [-0.15, -0.1) is 0 Å². The topological polar surface area (TPSA) is 84.9 Å². The molecule has 0 saturated heterocycles. The molecule has 3 heterocycles. The third kappa shape index (κ3) is 2.73. The number of carbonyl (C=O) groups is 2. The molecule has 0 radical (unpaired) electrons. The summed E-state index contributed by atoms with van der Waals surface area (Å²) in [4.78, 5) is 26.1. The lowest BCUT2D eigenvalue weighted by Gasteiger charge is -2.33. The van der Waals surface area contributed by atoms with Gasteiger partial charge in [-0.1, -0.05) is 0 Å². The summed E-state index contributed by atoms with van der Waals surface area (Å²) in [7, 11) is 1.30. The highest BCUT2D eigenvalue weighted by Crippen LogP contribution is 2.32. The van der Waals surface area contributed by atoms with Gasteiger partial charge >= 0.3 is 12.0 Å². The highest BCUT2D eigenvalue weighted by molar-refractivity contribution is 5.94. The molecule has 1 aliphatic rings. The number of nitrogens with zero attached hydrogens (tertiary/aromatic N) is 1. The van der Waals surface area contributed by atoms with E-state index < -0.39 is 12.0 Å². The molecule has 2 aromatic heterocycles. The predicted octanol–water partition coefficient (Wildman–Crippen LogP) is 2.59. The van der Waals surface area contributed by atoms with E-state index in [-0.39, 0.29) is 12.6 Å². The Labute approximate surface area is 132 Å². The average Bonchev–Trinajstić information content (AvgIpc) is 3.23. The van der Waals surface area contributed by atoms with Gasteiger partial charge in [0.1, 0.15) is 17.6 Å². The molecule has 7 heteroatoms. The quantitative estimate of drug-likeness (QED) is 0.876. The number of allylic oxidation sites excluding steroid dienone is 1. The highest BCUT2D eigenvalue weighted by atomic mass is 16.5. The Bertz CT molecular complexity index is 731. The van der Waals surface area contributed by atoms with Crippen LogP contribution in [0.25, 0.3) is 0 Å². The molecule has 0 unspecified atom stereocenters. The van der Waals surface area contributed by atoms with E-state index in [2.05, 4.69) is 5.32 Å². The zero-order chi connectivity index (χ0) is 16.4. The lowest BCUT2D eigenvalue weighted by atomic mass is 10.00. The molecule has 0 aliphatic carbocycles. The molecule has 7 nitrogen and oxygen atoms in total. The number of carbonyl (C=O) groups excluding carboxylic acids is 2. The Balaban J connectivity index is 2.01. The van der Waals surface area contributed by atoms with Gasteiger partial charge in [-0.2, -0.15) is 0 Å². The Hall–Kier alpha value is -2.96. The summed E-state index contributed by atoms with van der Waals surface area (Å²) in [6.45, 7) is 1.92. The van der Waals surface area contributed by atoms with Crippen molar-refractivity contribution >= 4 is 12.0 Å². The third-order valence-corrected chi connectivity index (χ3v) is 3.72. The smallest absolute Gasteiger partial charge is 0.338 e. The normalized spacial score (nSPS) is 18.1. The van der Waals surface area contributed by atoms with Gasteiger partial charge in [-0.3, -0.25) is 4.90 Å². The fraction of sp³-hybridized carbons (Fsp3) is 0.250. The number of amides is 2.